The fourth-order valence-corrected chi connectivity index (χ4v) is 4.43. The molecule has 0 aliphatic heterocycles. The van der Waals surface area contributed by atoms with Gasteiger partial charge in [0.25, 0.3) is 5.56 Å². The number of pyridine rings is 1. The molecule has 4 rings (SSSR count). The minimum Gasteiger partial charge on any atom is -0.488 e. The Labute approximate surface area is 184 Å². The van der Waals surface area contributed by atoms with Gasteiger partial charge in [-0.15, -0.1) is 11.3 Å². The second kappa shape index (κ2) is 8.51. The van der Waals surface area contributed by atoms with Gasteiger partial charge in [0.2, 0.25) is 5.43 Å². The Morgan fingerprint density at radius 1 is 1.16 bits per heavy atom. The number of thiophene rings is 1. The van der Waals surface area contributed by atoms with Crippen LogP contribution in [-0.2, 0) is 6.54 Å². The van der Waals surface area contributed by atoms with E-state index in [1.54, 1.807) is 10.8 Å². The molecule has 160 valence electrons. The van der Waals surface area contributed by atoms with Crippen molar-refractivity contribution in [2.75, 3.05) is 6.61 Å². The maximum Gasteiger partial charge on any atom is 0.263 e. The van der Waals surface area contributed by atoms with Crippen molar-refractivity contribution in [3.8, 4) is 17.1 Å². The molecule has 0 spiro atoms. The summed E-state index contributed by atoms with van der Waals surface area (Å²) in [6.45, 7) is 8.68. The van der Waals surface area contributed by atoms with Gasteiger partial charge >= 0.3 is 0 Å². The summed E-state index contributed by atoms with van der Waals surface area (Å²) in [5.41, 5.74) is 2.11. The molecule has 7 heteroatoms. The molecule has 0 bridgehead atoms. The molecule has 0 unspecified atom stereocenters. The van der Waals surface area contributed by atoms with Gasteiger partial charge in [-0.2, -0.15) is 0 Å². The lowest BCUT2D eigenvalue weighted by Crippen LogP contribution is -2.25. The standard InChI is InChI=1S/C24H25N3O3S/c1-14(2)13-30-20-11-25-18(10-19(20)28)12-27-22(17-8-6-5-7-9-17)26-23-21(24(27)29)15(3)16(4)31-23/h5-11,14H,12-13H2,1-4H3,(H,25,28). The number of rotatable bonds is 6. The van der Waals surface area contributed by atoms with Gasteiger partial charge in [0.05, 0.1) is 18.5 Å². The van der Waals surface area contributed by atoms with Gasteiger partial charge in [-0.1, -0.05) is 44.2 Å². The van der Waals surface area contributed by atoms with E-state index in [-0.39, 0.29) is 23.3 Å². The average Bonchev–Trinajstić information content (AvgIpc) is 3.03. The molecule has 0 radical (unpaired) electrons. The molecule has 6 nitrogen and oxygen atoms in total. The van der Waals surface area contributed by atoms with Crippen molar-refractivity contribution in [2.45, 2.75) is 34.2 Å². The van der Waals surface area contributed by atoms with Gasteiger partial charge in [-0.25, -0.2) is 4.98 Å². The highest BCUT2D eigenvalue weighted by Crippen LogP contribution is 2.28. The first-order valence-electron chi connectivity index (χ1n) is 10.3. The fraction of sp³-hybridized carbons (Fsp3) is 0.292. The van der Waals surface area contributed by atoms with E-state index in [9.17, 15) is 9.59 Å². The van der Waals surface area contributed by atoms with E-state index in [1.807, 2.05) is 58.0 Å². The largest absolute Gasteiger partial charge is 0.488 e. The van der Waals surface area contributed by atoms with Crippen molar-refractivity contribution in [3.05, 3.63) is 79.3 Å². The minimum absolute atomic E-state index is 0.105. The number of hydrogen-bond acceptors (Lipinski definition) is 5. The zero-order valence-electron chi connectivity index (χ0n) is 18.1. The number of nitrogens with one attached hydrogen (secondary N) is 1. The number of benzene rings is 1. The van der Waals surface area contributed by atoms with E-state index >= 15 is 0 Å². The molecule has 3 heterocycles. The van der Waals surface area contributed by atoms with Gasteiger partial charge in [0.15, 0.2) is 5.75 Å². The zero-order valence-corrected chi connectivity index (χ0v) is 18.9. The van der Waals surface area contributed by atoms with E-state index < -0.39 is 0 Å². The number of hydrogen-bond donors (Lipinski definition) is 1. The van der Waals surface area contributed by atoms with Crippen LogP contribution in [0.3, 0.4) is 0 Å². The molecule has 0 saturated heterocycles. The van der Waals surface area contributed by atoms with Crippen LogP contribution in [0.1, 0.15) is 30.0 Å². The number of nitrogens with zero attached hydrogens (tertiary/aromatic N) is 2. The Hall–Kier alpha value is -3.19. The van der Waals surface area contributed by atoms with Crippen molar-refractivity contribution in [2.24, 2.45) is 5.92 Å². The molecule has 0 fully saturated rings. The Bertz CT molecular complexity index is 1350. The first-order chi connectivity index (χ1) is 14.8. The minimum atomic E-state index is -0.208. The predicted molar refractivity (Wildman–Crippen MR) is 125 cm³/mol. The number of fused-ring (bicyclic) bond motifs is 1. The molecule has 1 aromatic carbocycles. The van der Waals surface area contributed by atoms with E-state index in [2.05, 4.69) is 4.98 Å². The van der Waals surface area contributed by atoms with Crippen LogP contribution in [0.25, 0.3) is 21.6 Å². The quantitative estimate of drug-likeness (QED) is 0.483. The van der Waals surface area contributed by atoms with Gasteiger partial charge in [0, 0.05) is 28.4 Å². The molecule has 4 aromatic rings. The second-order valence-electron chi connectivity index (χ2n) is 8.05. The number of H-pyrrole nitrogens is 1. The maximum atomic E-state index is 13.5. The highest BCUT2D eigenvalue weighted by Gasteiger charge is 2.18. The van der Waals surface area contributed by atoms with Crippen LogP contribution >= 0.6 is 11.3 Å². The monoisotopic (exact) mass is 435 g/mol. The first kappa shape index (κ1) is 21.1. The van der Waals surface area contributed by atoms with Crippen LogP contribution in [0.15, 0.2) is 52.2 Å². The Morgan fingerprint density at radius 3 is 2.58 bits per heavy atom. The molecule has 3 aromatic heterocycles. The van der Waals surface area contributed by atoms with Crippen molar-refractivity contribution in [1.82, 2.24) is 14.5 Å². The third-order valence-electron chi connectivity index (χ3n) is 5.16. The molecule has 0 amide bonds. The average molecular weight is 436 g/mol. The normalized spacial score (nSPS) is 11.4. The van der Waals surface area contributed by atoms with Crippen LogP contribution in [0, 0.1) is 19.8 Å². The lowest BCUT2D eigenvalue weighted by atomic mass is 10.1. The van der Waals surface area contributed by atoms with Gasteiger partial charge in [0.1, 0.15) is 10.7 Å². The molecule has 0 saturated carbocycles. The number of aryl methyl sites for hydroxylation is 2. The third kappa shape index (κ3) is 4.18. The lowest BCUT2D eigenvalue weighted by molar-refractivity contribution is 0.267. The van der Waals surface area contributed by atoms with E-state index in [0.717, 1.165) is 20.8 Å². The van der Waals surface area contributed by atoms with Crippen LogP contribution in [-0.4, -0.2) is 21.1 Å². The Morgan fingerprint density at radius 2 is 1.90 bits per heavy atom. The van der Waals surface area contributed by atoms with Crippen molar-refractivity contribution < 1.29 is 4.74 Å². The summed E-state index contributed by atoms with van der Waals surface area (Å²) in [5.74, 6) is 1.19. The molecule has 0 atom stereocenters. The summed E-state index contributed by atoms with van der Waals surface area (Å²) >= 11 is 1.53. The first-order valence-corrected chi connectivity index (χ1v) is 11.1. The molecular formula is C24H25N3O3S. The summed E-state index contributed by atoms with van der Waals surface area (Å²) in [7, 11) is 0. The van der Waals surface area contributed by atoms with Crippen molar-refractivity contribution in [3.63, 3.8) is 0 Å². The lowest BCUT2D eigenvalue weighted by Gasteiger charge is -2.14. The van der Waals surface area contributed by atoms with E-state index in [1.165, 1.54) is 17.4 Å². The predicted octanol–water partition coefficient (Wildman–Crippen LogP) is 4.51. The summed E-state index contributed by atoms with van der Waals surface area (Å²) in [6, 6.07) is 11.1. The summed E-state index contributed by atoms with van der Waals surface area (Å²) in [5, 5.41) is 0.640. The Balaban J connectivity index is 1.82. The molecular weight excluding hydrogens is 410 g/mol. The SMILES string of the molecule is Cc1sc2nc(-c3ccccc3)n(Cc3cc(=O)c(OCC(C)C)c[nH]3)c(=O)c2c1C. The van der Waals surface area contributed by atoms with Crippen LogP contribution < -0.4 is 15.7 Å². The summed E-state index contributed by atoms with van der Waals surface area (Å²) in [6.07, 6.45) is 1.57. The third-order valence-corrected chi connectivity index (χ3v) is 6.26. The fourth-order valence-electron chi connectivity index (χ4n) is 3.41. The van der Waals surface area contributed by atoms with E-state index in [0.29, 0.717) is 29.4 Å². The summed E-state index contributed by atoms with van der Waals surface area (Å²) in [4.78, 5) is 35.8. The van der Waals surface area contributed by atoms with E-state index in [4.69, 9.17) is 9.72 Å². The Kier molecular flexibility index (Phi) is 5.78. The highest BCUT2D eigenvalue weighted by atomic mass is 32.1. The van der Waals surface area contributed by atoms with Crippen molar-refractivity contribution in [1.29, 1.82) is 0 Å². The van der Waals surface area contributed by atoms with Gasteiger partial charge in [-0.05, 0) is 25.3 Å². The number of aromatic nitrogens is 3. The van der Waals surface area contributed by atoms with Crippen molar-refractivity contribution >= 4 is 21.6 Å². The van der Waals surface area contributed by atoms with Gasteiger partial charge < -0.3 is 9.72 Å². The summed E-state index contributed by atoms with van der Waals surface area (Å²) < 4.78 is 7.21. The van der Waals surface area contributed by atoms with Crippen LogP contribution in [0.4, 0.5) is 0 Å². The molecule has 31 heavy (non-hydrogen) atoms. The molecule has 0 aliphatic rings. The van der Waals surface area contributed by atoms with Gasteiger partial charge in [-0.3, -0.25) is 14.2 Å². The maximum absolute atomic E-state index is 13.5. The topological polar surface area (TPSA) is 77.0 Å². The van der Waals surface area contributed by atoms with Crippen LogP contribution in [0.2, 0.25) is 0 Å². The zero-order chi connectivity index (χ0) is 22.1. The molecule has 1 N–H and O–H groups in total. The van der Waals surface area contributed by atoms with Crippen LogP contribution in [0.5, 0.6) is 5.75 Å². The number of ether oxygens (including phenoxy) is 1. The highest BCUT2D eigenvalue weighted by molar-refractivity contribution is 7.18. The molecule has 0 aliphatic carbocycles. The second-order valence-corrected chi connectivity index (χ2v) is 9.25. The number of aromatic amines is 1. The smallest absolute Gasteiger partial charge is 0.263 e.